The van der Waals surface area contributed by atoms with Crippen LogP contribution in [0.1, 0.15) is 54.9 Å². The summed E-state index contributed by atoms with van der Waals surface area (Å²) in [5.41, 5.74) is 0.799. The summed E-state index contributed by atoms with van der Waals surface area (Å²) in [6, 6.07) is 4.44. The van der Waals surface area contributed by atoms with Crippen molar-refractivity contribution in [1.82, 2.24) is 4.90 Å². The van der Waals surface area contributed by atoms with Crippen LogP contribution >= 0.6 is 0 Å². The second-order valence-electron chi connectivity index (χ2n) is 5.52. The zero-order valence-corrected chi connectivity index (χ0v) is 11.9. The predicted octanol–water partition coefficient (Wildman–Crippen LogP) is 3.68. The minimum atomic E-state index is -0.982. The van der Waals surface area contributed by atoms with Crippen LogP contribution in [-0.2, 0) is 6.54 Å². The highest BCUT2D eigenvalue weighted by Gasteiger charge is 2.23. The van der Waals surface area contributed by atoms with Crippen molar-refractivity contribution in [2.45, 2.75) is 51.6 Å². The first-order chi connectivity index (χ1) is 9.61. The third-order valence-corrected chi connectivity index (χ3v) is 4.04. The third-order valence-electron chi connectivity index (χ3n) is 4.04. The molecule has 1 heterocycles. The quantitative estimate of drug-likeness (QED) is 0.894. The topological polar surface area (TPSA) is 40.5 Å². The number of hydrogen-bond donors (Lipinski definition) is 1. The van der Waals surface area contributed by atoms with Gasteiger partial charge in [0, 0.05) is 12.6 Å². The van der Waals surface area contributed by atoms with Crippen LogP contribution in [0.2, 0.25) is 0 Å². The first kappa shape index (κ1) is 15.0. The molecule has 4 heteroatoms. The van der Waals surface area contributed by atoms with Crippen molar-refractivity contribution >= 4 is 5.97 Å². The zero-order chi connectivity index (χ0) is 14.5. The summed E-state index contributed by atoms with van der Waals surface area (Å²) in [4.78, 5) is 13.6. The monoisotopic (exact) mass is 279 g/mol. The average molecular weight is 279 g/mol. The summed E-state index contributed by atoms with van der Waals surface area (Å²) >= 11 is 0. The lowest BCUT2D eigenvalue weighted by atomic mass is 9.96. The molecule has 1 unspecified atom stereocenters. The molecule has 1 saturated heterocycles. The predicted molar refractivity (Wildman–Crippen MR) is 76.3 cm³/mol. The minimum absolute atomic E-state index is 0.215. The maximum atomic E-state index is 13.4. The molecule has 0 bridgehead atoms. The van der Waals surface area contributed by atoms with Crippen LogP contribution < -0.4 is 0 Å². The molecule has 0 amide bonds. The first-order valence-electron chi connectivity index (χ1n) is 7.37. The highest BCUT2D eigenvalue weighted by molar-refractivity contribution is 5.89. The number of nitrogens with zero attached hydrogens (tertiary/aromatic N) is 1. The molecular weight excluding hydrogens is 257 g/mol. The van der Waals surface area contributed by atoms with Gasteiger partial charge in [-0.2, -0.15) is 0 Å². The van der Waals surface area contributed by atoms with Crippen molar-refractivity contribution in [3.8, 4) is 0 Å². The summed E-state index contributed by atoms with van der Waals surface area (Å²) in [6.45, 7) is 3.67. The van der Waals surface area contributed by atoms with Crippen LogP contribution in [-0.4, -0.2) is 28.6 Å². The molecule has 0 spiro atoms. The third kappa shape index (κ3) is 3.57. The molecule has 1 aromatic rings. The van der Waals surface area contributed by atoms with Gasteiger partial charge in [0.25, 0.3) is 0 Å². The maximum Gasteiger partial charge on any atom is 0.336 e. The van der Waals surface area contributed by atoms with E-state index in [4.69, 9.17) is 0 Å². The van der Waals surface area contributed by atoms with E-state index in [1.807, 2.05) is 0 Å². The van der Waals surface area contributed by atoms with Gasteiger partial charge in [0.1, 0.15) is 5.82 Å². The molecule has 1 fully saturated rings. The Morgan fingerprint density at radius 1 is 1.45 bits per heavy atom. The van der Waals surface area contributed by atoms with E-state index in [9.17, 15) is 14.3 Å². The molecule has 1 aliphatic rings. The van der Waals surface area contributed by atoms with Crippen LogP contribution in [0.3, 0.4) is 0 Å². The Hall–Kier alpha value is -1.42. The van der Waals surface area contributed by atoms with E-state index in [0.29, 0.717) is 18.2 Å². The molecule has 1 atom stereocenters. The molecule has 0 radical (unpaired) electrons. The molecule has 1 N–H and O–H groups in total. The lowest BCUT2D eigenvalue weighted by molar-refractivity contribution is 0.0691. The Labute approximate surface area is 119 Å². The number of carboxylic acids is 1. The number of aromatic carboxylic acids is 1. The van der Waals surface area contributed by atoms with Crippen molar-refractivity contribution in [2.24, 2.45) is 0 Å². The van der Waals surface area contributed by atoms with Crippen LogP contribution in [0.25, 0.3) is 0 Å². The fourth-order valence-electron chi connectivity index (χ4n) is 3.05. The molecule has 0 saturated carbocycles. The summed E-state index contributed by atoms with van der Waals surface area (Å²) < 4.78 is 13.4. The lowest BCUT2D eigenvalue weighted by Crippen LogP contribution is -2.39. The van der Waals surface area contributed by atoms with Crippen LogP contribution in [0.5, 0.6) is 0 Å². The van der Waals surface area contributed by atoms with Crippen molar-refractivity contribution in [3.05, 3.63) is 35.1 Å². The molecule has 1 aromatic carbocycles. The van der Waals surface area contributed by atoms with Gasteiger partial charge in [-0.3, -0.25) is 4.90 Å². The van der Waals surface area contributed by atoms with E-state index in [-0.39, 0.29) is 11.4 Å². The number of rotatable bonds is 5. The Balaban J connectivity index is 2.18. The van der Waals surface area contributed by atoms with Gasteiger partial charge < -0.3 is 5.11 Å². The first-order valence-corrected chi connectivity index (χ1v) is 7.37. The Morgan fingerprint density at radius 3 is 2.95 bits per heavy atom. The standard InChI is InChI=1S/C16H22FNO2/c1-2-5-14-6-3-4-9-18(14)11-12-10-13(17)7-8-15(12)16(19)20/h7-8,10,14H,2-6,9,11H2,1H3,(H,19,20). The largest absolute Gasteiger partial charge is 0.478 e. The molecule has 0 aliphatic carbocycles. The van der Waals surface area contributed by atoms with Crippen LogP contribution in [0.4, 0.5) is 4.39 Å². The van der Waals surface area contributed by atoms with Crippen LogP contribution in [0, 0.1) is 5.82 Å². The van der Waals surface area contributed by atoms with Crippen molar-refractivity contribution in [1.29, 1.82) is 0 Å². The number of carboxylic acid groups (broad SMARTS) is 1. The zero-order valence-electron chi connectivity index (χ0n) is 11.9. The van der Waals surface area contributed by atoms with Gasteiger partial charge in [-0.05, 0) is 49.6 Å². The summed E-state index contributed by atoms with van der Waals surface area (Å²) in [7, 11) is 0. The van der Waals surface area contributed by atoms with Crippen molar-refractivity contribution in [2.75, 3.05) is 6.54 Å². The number of piperidine rings is 1. The average Bonchev–Trinajstić information content (AvgIpc) is 2.41. The Kier molecular flexibility index (Phi) is 5.12. The fourth-order valence-corrected chi connectivity index (χ4v) is 3.05. The second-order valence-corrected chi connectivity index (χ2v) is 5.52. The second kappa shape index (κ2) is 6.84. The smallest absolute Gasteiger partial charge is 0.336 e. The Bertz CT molecular complexity index is 474. The Morgan fingerprint density at radius 2 is 2.25 bits per heavy atom. The minimum Gasteiger partial charge on any atom is -0.478 e. The summed E-state index contributed by atoms with van der Waals surface area (Å²) in [5, 5.41) is 9.21. The SMILES string of the molecule is CCCC1CCCCN1Cc1cc(F)ccc1C(=O)O. The van der Waals surface area contributed by atoms with Gasteiger partial charge in [0.2, 0.25) is 0 Å². The number of hydrogen-bond acceptors (Lipinski definition) is 2. The fraction of sp³-hybridized carbons (Fsp3) is 0.562. The van der Waals surface area contributed by atoms with E-state index in [1.54, 1.807) is 0 Å². The van der Waals surface area contributed by atoms with Crippen molar-refractivity contribution in [3.63, 3.8) is 0 Å². The molecule has 20 heavy (non-hydrogen) atoms. The summed E-state index contributed by atoms with van der Waals surface area (Å²) in [5.74, 6) is -1.35. The van der Waals surface area contributed by atoms with E-state index in [0.717, 1.165) is 32.2 Å². The molecule has 2 rings (SSSR count). The number of likely N-dealkylation sites (tertiary alicyclic amines) is 1. The van der Waals surface area contributed by atoms with Gasteiger partial charge >= 0.3 is 5.97 Å². The molecular formula is C16H22FNO2. The maximum absolute atomic E-state index is 13.4. The highest BCUT2D eigenvalue weighted by Crippen LogP contribution is 2.24. The van der Waals surface area contributed by atoms with Crippen LogP contribution in [0.15, 0.2) is 18.2 Å². The normalized spacial score (nSPS) is 20.0. The lowest BCUT2D eigenvalue weighted by Gasteiger charge is -2.36. The highest BCUT2D eigenvalue weighted by atomic mass is 19.1. The summed E-state index contributed by atoms with van der Waals surface area (Å²) in [6.07, 6.45) is 5.77. The van der Waals surface area contributed by atoms with E-state index >= 15 is 0 Å². The van der Waals surface area contributed by atoms with E-state index in [1.165, 1.54) is 24.6 Å². The van der Waals surface area contributed by atoms with E-state index in [2.05, 4.69) is 11.8 Å². The number of benzene rings is 1. The van der Waals surface area contributed by atoms with E-state index < -0.39 is 5.97 Å². The molecule has 0 aromatic heterocycles. The van der Waals surface area contributed by atoms with Gasteiger partial charge in [-0.25, -0.2) is 9.18 Å². The van der Waals surface area contributed by atoms with Gasteiger partial charge in [-0.15, -0.1) is 0 Å². The molecule has 3 nitrogen and oxygen atoms in total. The van der Waals surface area contributed by atoms with Gasteiger partial charge in [0.05, 0.1) is 5.56 Å². The number of halogens is 1. The number of carbonyl (C=O) groups is 1. The van der Waals surface area contributed by atoms with Gasteiger partial charge in [-0.1, -0.05) is 19.8 Å². The van der Waals surface area contributed by atoms with Crippen molar-refractivity contribution < 1.29 is 14.3 Å². The molecule has 110 valence electrons. The van der Waals surface area contributed by atoms with Gasteiger partial charge in [0.15, 0.2) is 0 Å². The molecule has 1 aliphatic heterocycles.